The molecular formula is C24H15ClN4O3. The SMILES string of the molecule is COC(=O)c1cc2nc(-c3cc(Cl)c4ncccc4c3)c(-c3ccccc3)nc2[nH]c1=O. The highest BCUT2D eigenvalue weighted by molar-refractivity contribution is 6.35. The molecule has 3 aromatic heterocycles. The maximum atomic E-state index is 12.4. The molecule has 5 aromatic rings. The molecule has 0 bridgehead atoms. The van der Waals surface area contributed by atoms with E-state index in [-0.39, 0.29) is 11.2 Å². The molecule has 0 fully saturated rings. The smallest absolute Gasteiger partial charge is 0.343 e. The number of rotatable bonds is 3. The summed E-state index contributed by atoms with van der Waals surface area (Å²) >= 11 is 6.52. The van der Waals surface area contributed by atoms with Crippen LogP contribution < -0.4 is 5.56 Å². The molecule has 1 N–H and O–H groups in total. The summed E-state index contributed by atoms with van der Waals surface area (Å²) in [7, 11) is 1.21. The second kappa shape index (κ2) is 7.86. The van der Waals surface area contributed by atoms with Gasteiger partial charge in [0.1, 0.15) is 11.1 Å². The van der Waals surface area contributed by atoms with Crippen LogP contribution in [-0.2, 0) is 4.74 Å². The van der Waals surface area contributed by atoms with E-state index in [2.05, 4.69) is 15.0 Å². The summed E-state index contributed by atoms with van der Waals surface area (Å²) in [5.41, 5.74) is 3.23. The van der Waals surface area contributed by atoms with E-state index in [4.69, 9.17) is 21.3 Å². The minimum Gasteiger partial charge on any atom is -0.465 e. The van der Waals surface area contributed by atoms with Crippen LogP contribution >= 0.6 is 11.6 Å². The molecule has 5 rings (SSSR count). The number of nitrogens with zero attached hydrogens (tertiary/aromatic N) is 3. The number of esters is 1. The Morgan fingerprint density at radius 2 is 1.75 bits per heavy atom. The van der Waals surface area contributed by atoms with Crippen LogP contribution in [-0.4, -0.2) is 33.0 Å². The summed E-state index contributed by atoms with van der Waals surface area (Å²) in [6, 6.07) is 18.4. The Morgan fingerprint density at radius 3 is 2.53 bits per heavy atom. The molecule has 0 atom stereocenters. The van der Waals surface area contributed by atoms with Crippen molar-refractivity contribution in [3.8, 4) is 22.5 Å². The quantitative estimate of drug-likeness (QED) is 0.409. The van der Waals surface area contributed by atoms with Crippen molar-refractivity contribution in [2.75, 3.05) is 7.11 Å². The number of hydrogen-bond acceptors (Lipinski definition) is 6. The molecule has 2 aromatic carbocycles. The van der Waals surface area contributed by atoms with E-state index in [1.807, 2.05) is 48.5 Å². The molecule has 0 aliphatic rings. The van der Waals surface area contributed by atoms with Crippen molar-refractivity contribution in [3.05, 3.63) is 87.8 Å². The van der Waals surface area contributed by atoms with Gasteiger partial charge in [0.25, 0.3) is 5.56 Å². The predicted molar refractivity (Wildman–Crippen MR) is 123 cm³/mol. The Bertz CT molecular complexity index is 1570. The first-order valence-corrected chi connectivity index (χ1v) is 10.1. The zero-order chi connectivity index (χ0) is 22.2. The van der Waals surface area contributed by atoms with Crippen molar-refractivity contribution in [3.63, 3.8) is 0 Å². The van der Waals surface area contributed by atoms with Crippen LogP contribution in [0.2, 0.25) is 5.02 Å². The molecule has 0 radical (unpaired) electrons. The van der Waals surface area contributed by atoms with Crippen LogP contribution in [0.5, 0.6) is 0 Å². The number of aromatic amines is 1. The highest BCUT2D eigenvalue weighted by Crippen LogP contribution is 2.34. The monoisotopic (exact) mass is 442 g/mol. The van der Waals surface area contributed by atoms with Gasteiger partial charge in [0, 0.05) is 22.7 Å². The molecule has 8 heteroatoms. The van der Waals surface area contributed by atoms with E-state index in [1.54, 1.807) is 12.3 Å². The summed E-state index contributed by atoms with van der Waals surface area (Å²) in [6.07, 6.45) is 1.68. The van der Waals surface area contributed by atoms with Gasteiger partial charge in [0.15, 0.2) is 5.65 Å². The number of halogens is 1. The molecule has 0 aliphatic heterocycles. The Morgan fingerprint density at radius 1 is 0.969 bits per heavy atom. The normalized spacial score (nSPS) is 11.1. The van der Waals surface area contributed by atoms with Gasteiger partial charge < -0.3 is 9.72 Å². The topological polar surface area (TPSA) is 97.8 Å². The molecule has 156 valence electrons. The fourth-order valence-electron chi connectivity index (χ4n) is 3.56. The van der Waals surface area contributed by atoms with Crippen molar-refractivity contribution in [1.29, 1.82) is 0 Å². The van der Waals surface area contributed by atoms with Crippen molar-refractivity contribution in [2.45, 2.75) is 0 Å². The van der Waals surface area contributed by atoms with E-state index < -0.39 is 11.5 Å². The standard InChI is InChI=1S/C24H15ClN4O3/c1-32-24(31)16-12-18-22(29-23(16)30)28-20(13-6-3-2-4-7-13)21(27-18)15-10-14-8-5-9-26-19(14)17(25)11-15/h2-12H,1H3,(H,28,29,30). The summed E-state index contributed by atoms with van der Waals surface area (Å²) < 4.78 is 4.71. The average Bonchev–Trinajstić information content (AvgIpc) is 2.83. The van der Waals surface area contributed by atoms with Gasteiger partial charge in [-0.3, -0.25) is 9.78 Å². The van der Waals surface area contributed by atoms with Crippen molar-refractivity contribution in [2.24, 2.45) is 0 Å². The number of carbonyl (C=O) groups is 1. The van der Waals surface area contributed by atoms with Crippen molar-refractivity contribution in [1.82, 2.24) is 19.9 Å². The summed E-state index contributed by atoms with van der Waals surface area (Å²) in [5.74, 6) is -0.747. The lowest BCUT2D eigenvalue weighted by Gasteiger charge is -2.12. The lowest BCUT2D eigenvalue weighted by molar-refractivity contribution is 0.0599. The largest absolute Gasteiger partial charge is 0.465 e. The van der Waals surface area contributed by atoms with Gasteiger partial charge in [-0.1, -0.05) is 48.0 Å². The van der Waals surface area contributed by atoms with Gasteiger partial charge >= 0.3 is 5.97 Å². The summed E-state index contributed by atoms with van der Waals surface area (Å²) in [4.78, 5) is 40.8. The van der Waals surface area contributed by atoms with Gasteiger partial charge in [-0.2, -0.15) is 0 Å². The second-order valence-electron chi connectivity index (χ2n) is 7.06. The molecule has 0 amide bonds. The number of carbonyl (C=O) groups excluding carboxylic acids is 1. The summed E-state index contributed by atoms with van der Waals surface area (Å²) in [6.45, 7) is 0. The van der Waals surface area contributed by atoms with Crippen LogP contribution in [0, 0.1) is 0 Å². The first-order valence-electron chi connectivity index (χ1n) is 9.68. The number of hydrogen-bond donors (Lipinski definition) is 1. The Kier molecular flexibility index (Phi) is 4.88. The lowest BCUT2D eigenvalue weighted by Crippen LogP contribution is -2.19. The molecule has 0 unspecified atom stereocenters. The molecule has 3 heterocycles. The van der Waals surface area contributed by atoms with E-state index in [1.165, 1.54) is 13.2 Å². The number of benzene rings is 2. The predicted octanol–water partition coefficient (Wildman–Crippen LogP) is 4.64. The molecule has 0 spiro atoms. The Balaban J connectivity index is 1.84. The lowest BCUT2D eigenvalue weighted by atomic mass is 10.0. The number of methoxy groups -OCH3 is 1. The molecule has 0 saturated carbocycles. The zero-order valence-electron chi connectivity index (χ0n) is 16.8. The third kappa shape index (κ3) is 3.38. The maximum absolute atomic E-state index is 12.4. The van der Waals surface area contributed by atoms with Crippen LogP contribution in [0.4, 0.5) is 0 Å². The molecule has 7 nitrogen and oxygen atoms in total. The number of aromatic nitrogens is 4. The van der Waals surface area contributed by atoms with Crippen LogP contribution in [0.15, 0.2) is 71.7 Å². The average molecular weight is 443 g/mol. The highest BCUT2D eigenvalue weighted by atomic mass is 35.5. The highest BCUT2D eigenvalue weighted by Gasteiger charge is 2.18. The van der Waals surface area contributed by atoms with Crippen LogP contribution in [0.25, 0.3) is 44.6 Å². The van der Waals surface area contributed by atoms with Crippen LogP contribution in [0.3, 0.4) is 0 Å². The number of pyridine rings is 2. The first kappa shape index (κ1) is 19.8. The molecule has 0 aliphatic carbocycles. The zero-order valence-corrected chi connectivity index (χ0v) is 17.6. The van der Waals surface area contributed by atoms with Crippen LogP contribution in [0.1, 0.15) is 10.4 Å². The molecule has 0 saturated heterocycles. The third-order valence-electron chi connectivity index (χ3n) is 5.06. The van der Waals surface area contributed by atoms with Gasteiger partial charge in [-0.15, -0.1) is 0 Å². The van der Waals surface area contributed by atoms with Crippen molar-refractivity contribution >= 4 is 39.6 Å². The number of H-pyrrole nitrogens is 1. The van der Waals surface area contributed by atoms with E-state index in [0.29, 0.717) is 27.4 Å². The van der Waals surface area contributed by atoms with Crippen molar-refractivity contribution < 1.29 is 9.53 Å². The fourth-order valence-corrected chi connectivity index (χ4v) is 3.84. The third-order valence-corrected chi connectivity index (χ3v) is 5.35. The number of fused-ring (bicyclic) bond motifs is 2. The Labute approximate surface area is 186 Å². The van der Waals surface area contributed by atoms with Gasteiger partial charge in [0.05, 0.1) is 29.0 Å². The van der Waals surface area contributed by atoms with E-state index >= 15 is 0 Å². The number of nitrogens with one attached hydrogen (secondary N) is 1. The second-order valence-corrected chi connectivity index (χ2v) is 7.46. The molecule has 32 heavy (non-hydrogen) atoms. The number of ether oxygens (including phenoxy) is 1. The first-order chi connectivity index (χ1) is 15.5. The molecular weight excluding hydrogens is 428 g/mol. The fraction of sp³-hybridized carbons (Fsp3) is 0.0417. The Hall–Kier alpha value is -4.10. The van der Waals surface area contributed by atoms with Gasteiger partial charge in [0.2, 0.25) is 0 Å². The maximum Gasteiger partial charge on any atom is 0.343 e. The van der Waals surface area contributed by atoms with E-state index in [9.17, 15) is 9.59 Å². The van der Waals surface area contributed by atoms with E-state index in [0.717, 1.165) is 16.5 Å². The minimum absolute atomic E-state index is 0.145. The van der Waals surface area contributed by atoms with Gasteiger partial charge in [-0.25, -0.2) is 14.8 Å². The van der Waals surface area contributed by atoms with Gasteiger partial charge in [-0.05, 0) is 24.3 Å². The summed E-state index contributed by atoms with van der Waals surface area (Å²) in [5, 5.41) is 1.34. The minimum atomic E-state index is -0.747.